The topological polar surface area (TPSA) is 94.3 Å². The predicted octanol–water partition coefficient (Wildman–Crippen LogP) is 4.33. The zero-order valence-electron chi connectivity index (χ0n) is 17.3. The summed E-state index contributed by atoms with van der Waals surface area (Å²) in [4.78, 5) is 34.9. The van der Waals surface area contributed by atoms with E-state index in [1.165, 1.54) is 18.0 Å². The number of hydrogen-bond acceptors (Lipinski definition) is 7. The molecule has 0 unspecified atom stereocenters. The van der Waals surface area contributed by atoms with Gasteiger partial charge >= 0.3 is 5.97 Å². The lowest BCUT2D eigenvalue weighted by Crippen LogP contribution is -2.30. The number of hydrogen-bond donors (Lipinski definition) is 1. The molecule has 160 valence electrons. The summed E-state index contributed by atoms with van der Waals surface area (Å²) in [6.07, 6.45) is 3.51. The van der Waals surface area contributed by atoms with Crippen molar-refractivity contribution in [3.63, 3.8) is 0 Å². The number of amides is 1. The molecule has 2 heterocycles. The molecule has 31 heavy (non-hydrogen) atoms. The number of aryl methyl sites for hydroxylation is 1. The molecule has 1 N–H and O–H groups in total. The van der Waals surface area contributed by atoms with Gasteiger partial charge in [-0.25, -0.2) is 14.8 Å². The van der Waals surface area contributed by atoms with Gasteiger partial charge in [-0.3, -0.25) is 4.79 Å². The smallest absolute Gasteiger partial charge is 0.342 e. The van der Waals surface area contributed by atoms with Crippen LogP contribution in [0.5, 0.6) is 0 Å². The van der Waals surface area contributed by atoms with Crippen molar-refractivity contribution in [2.75, 3.05) is 6.61 Å². The second kappa shape index (κ2) is 9.34. The highest BCUT2D eigenvalue weighted by Gasteiger charge is 2.32. The molecular formula is C23H23N3O4S. The predicted molar refractivity (Wildman–Crippen MR) is 117 cm³/mol. The van der Waals surface area contributed by atoms with Crippen molar-refractivity contribution >= 4 is 23.6 Å². The van der Waals surface area contributed by atoms with Crippen LogP contribution in [0.1, 0.15) is 46.6 Å². The number of benzene rings is 1. The summed E-state index contributed by atoms with van der Waals surface area (Å²) in [5, 5.41) is 2.88. The van der Waals surface area contributed by atoms with Gasteiger partial charge in [-0.05, 0) is 44.4 Å². The van der Waals surface area contributed by atoms with E-state index >= 15 is 0 Å². The standard InChI is InChI=1S/C23H23N3O4S/c1-3-29-23(28)18-14(2)24-20(17-10-7-13-30-17)26-22(18)31-19(15-8-5-4-6-9-15)21(27)25-16-11-12-16/h4-10,13,16,19H,3,11-12H2,1-2H3,(H,25,27)/t19-/m0/s1. The Morgan fingerprint density at radius 1 is 1.19 bits per heavy atom. The molecule has 1 amide bonds. The van der Waals surface area contributed by atoms with Gasteiger partial charge in [-0.2, -0.15) is 0 Å². The molecule has 0 saturated heterocycles. The molecule has 0 bridgehead atoms. The Hall–Kier alpha value is -3.13. The first-order chi connectivity index (χ1) is 15.1. The fraction of sp³-hybridized carbons (Fsp3) is 0.304. The van der Waals surface area contributed by atoms with Crippen molar-refractivity contribution in [2.24, 2.45) is 0 Å². The number of ether oxygens (including phenoxy) is 1. The summed E-state index contributed by atoms with van der Waals surface area (Å²) in [5.41, 5.74) is 1.57. The van der Waals surface area contributed by atoms with Gasteiger partial charge in [0.15, 0.2) is 11.6 Å². The maximum absolute atomic E-state index is 13.1. The van der Waals surface area contributed by atoms with Crippen LogP contribution in [0.25, 0.3) is 11.6 Å². The van der Waals surface area contributed by atoms with E-state index in [1.807, 2.05) is 30.3 Å². The maximum atomic E-state index is 13.1. The molecule has 2 aromatic heterocycles. The lowest BCUT2D eigenvalue weighted by atomic mass is 10.1. The zero-order chi connectivity index (χ0) is 21.8. The molecule has 1 atom stereocenters. The highest BCUT2D eigenvalue weighted by atomic mass is 32.2. The maximum Gasteiger partial charge on any atom is 0.342 e. The van der Waals surface area contributed by atoms with Crippen LogP contribution < -0.4 is 5.32 Å². The monoisotopic (exact) mass is 437 g/mol. The van der Waals surface area contributed by atoms with Crippen molar-refractivity contribution in [3.05, 3.63) is 65.5 Å². The molecule has 1 aliphatic carbocycles. The lowest BCUT2D eigenvalue weighted by Gasteiger charge is -2.19. The third kappa shape index (κ3) is 4.96. The molecule has 1 aromatic carbocycles. The molecule has 3 aromatic rings. The van der Waals surface area contributed by atoms with E-state index in [4.69, 9.17) is 9.15 Å². The summed E-state index contributed by atoms with van der Waals surface area (Å²) < 4.78 is 10.7. The van der Waals surface area contributed by atoms with Crippen LogP contribution in [-0.2, 0) is 9.53 Å². The van der Waals surface area contributed by atoms with E-state index < -0.39 is 11.2 Å². The van der Waals surface area contributed by atoms with Crippen LogP contribution in [0.4, 0.5) is 0 Å². The first-order valence-corrected chi connectivity index (χ1v) is 11.1. The quantitative estimate of drug-likeness (QED) is 0.318. The van der Waals surface area contributed by atoms with E-state index in [0.29, 0.717) is 22.3 Å². The summed E-state index contributed by atoms with van der Waals surface area (Å²) >= 11 is 1.22. The first kappa shape index (κ1) is 21.1. The number of rotatable bonds is 8. The van der Waals surface area contributed by atoms with Crippen LogP contribution in [0.2, 0.25) is 0 Å². The molecule has 0 radical (unpaired) electrons. The van der Waals surface area contributed by atoms with E-state index in [9.17, 15) is 9.59 Å². The van der Waals surface area contributed by atoms with Crippen LogP contribution in [0.15, 0.2) is 58.2 Å². The van der Waals surface area contributed by atoms with Gasteiger partial charge in [0, 0.05) is 6.04 Å². The fourth-order valence-corrected chi connectivity index (χ4v) is 4.28. The third-order valence-electron chi connectivity index (χ3n) is 4.77. The van der Waals surface area contributed by atoms with Crippen LogP contribution >= 0.6 is 11.8 Å². The third-order valence-corrected chi connectivity index (χ3v) is 6.01. The van der Waals surface area contributed by atoms with Gasteiger partial charge in [0.2, 0.25) is 5.91 Å². The Bertz CT molecular complexity index is 1070. The van der Waals surface area contributed by atoms with E-state index in [0.717, 1.165) is 18.4 Å². The highest BCUT2D eigenvalue weighted by Crippen LogP contribution is 2.38. The highest BCUT2D eigenvalue weighted by molar-refractivity contribution is 8.00. The first-order valence-electron chi connectivity index (χ1n) is 10.2. The van der Waals surface area contributed by atoms with Gasteiger partial charge in [0.1, 0.15) is 15.8 Å². The largest absolute Gasteiger partial charge is 0.462 e. The van der Waals surface area contributed by atoms with Crippen molar-refractivity contribution in [1.82, 2.24) is 15.3 Å². The SMILES string of the molecule is CCOC(=O)c1c(C)nc(-c2ccco2)nc1S[C@H](C(=O)NC1CC1)c1ccccc1. The number of nitrogens with zero attached hydrogens (tertiary/aromatic N) is 2. The zero-order valence-corrected chi connectivity index (χ0v) is 18.1. The van der Waals surface area contributed by atoms with Gasteiger partial charge in [-0.15, -0.1) is 0 Å². The molecular weight excluding hydrogens is 414 g/mol. The van der Waals surface area contributed by atoms with Crippen LogP contribution in [-0.4, -0.2) is 34.5 Å². The van der Waals surface area contributed by atoms with E-state index in [2.05, 4.69) is 15.3 Å². The van der Waals surface area contributed by atoms with E-state index in [1.54, 1.807) is 26.0 Å². The number of carbonyl (C=O) groups is 2. The molecule has 0 aliphatic heterocycles. The molecule has 7 nitrogen and oxygen atoms in total. The van der Waals surface area contributed by atoms with Gasteiger partial charge in [0.25, 0.3) is 0 Å². The fourth-order valence-electron chi connectivity index (χ4n) is 3.10. The Balaban J connectivity index is 1.76. The summed E-state index contributed by atoms with van der Waals surface area (Å²) in [5.74, 6) is 0.221. The van der Waals surface area contributed by atoms with Crippen molar-refractivity contribution in [1.29, 1.82) is 0 Å². The molecule has 4 rings (SSSR count). The number of furan rings is 1. The van der Waals surface area contributed by atoms with Gasteiger partial charge in [0.05, 0.1) is 18.6 Å². The Morgan fingerprint density at radius 2 is 1.97 bits per heavy atom. The van der Waals surface area contributed by atoms with E-state index in [-0.39, 0.29) is 24.1 Å². The minimum absolute atomic E-state index is 0.107. The average Bonchev–Trinajstić information content (AvgIpc) is 3.40. The second-order valence-electron chi connectivity index (χ2n) is 7.20. The van der Waals surface area contributed by atoms with Crippen molar-refractivity contribution in [3.8, 4) is 11.6 Å². The van der Waals surface area contributed by atoms with Crippen molar-refractivity contribution < 1.29 is 18.7 Å². The number of aromatic nitrogens is 2. The van der Waals surface area contributed by atoms with Crippen LogP contribution in [0, 0.1) is 6.92 Å². The lowest BCUT2D eigenvalue weighted by molar-refractivity contribution is -0.120. The number of carbonyl (C=O) groups excluding carboxylic acids is 2. The number of thioether (sulfide) groups is 1. The number of nitrogens with one attached hydrogen (secondary N) is 1. The van der Waals surface area contributed by atoms with Crippen molar-refractivity contribution in [2.45, 2.75) is 43.0 Å². The van der Waals surface area contributed by atoms with Gasteiger partial charge < -0.3 is 14.5 Å². The Labute approximate surface area is 184 Å². The molecule has 1 fully saturated rings. The average molecular weight is 438 g/mol. The number of esters is 1. The summed E-state index contributed by atoms with van der Waals surface area (Å²) in [7, 11) is 0. The molecule has 1 saturated carbocycles. The molecule has 8 heteroatoms. The summed E-state index contributed by atoms with van der Waals surface area (Å²) in [6.45, 7) is 3.70. The molecule has 0 spiro atoms. The minimum Gasteiger partial charge on any atom is -0.462 e. The second-order valence-corrected chi connectivity index (χ2v) is 8.30. The van der Waals surface area contributed by atoms with Gasteiger partial charge in [-0.1, -0.05) is 42.1 Å². The molecule has 1 aliphatic rings. The normalized spacial score (nSPS) is 14.1. The Kier molecular flexibility index (Phi) is 6.36. The minimum atomic E-state index is -0.575. The Morgan fingerprint density at radius 3 is 2.61 bits per heavy atom. The summed E-state index contributed by atoms with van der Waals surface area (Å²) in [6, 6.07) is 13.2. The van der Waals surface area contributed by atoms with Crippen LogP contribution in [0.3, 0.4) is 0 Å².